The molecule has 2 rings (SSSR count). The Morgan fingerprint density at radius 2 is 1.74 bits per heavy atom. The Labute approximate surface area is 136 Å². The number of hydrogen-bond donors (Lipinski definition) is 0. The number of carbonyl (C=O) groups excluding carboxylic acids is 1. The molecule has 0 bridgehead atoms. The third-order valence-electron chi connectivity index (χ3n) is 3.76. The molecule has 0 N–H and O–H groups in total. The standard InChI is InChI=1S/C17H23NO5/c1-11(19)23-16-10-18(2)7-6-13(16)17-14(21-4)8-12(20-3)9-15(17)22-5/h6,8-9,16H,7,10H2,1-5H3/t16-/m0/s1. The first-order valence-electron chi connectivity index (χ1n) is 7.36. The number of esters is 1. The third kappa shape index (κ3) is 3.76. The zero-order valence-electron chi connectivity index (χ0n) is 14.2. The van der Waals surface area contributed by atoms with E-state index < -0.39 is 0 Å². The molecule has 1 aliphatic heterocycles. The summed E-state index contributed by atoms with van der Waals surface area (Å²) in [4.78, 5) is 13.5. The van der Waals surface area contributed by atoms with Gasteiger partial charge in [-0.1, -0.05) is 6.08 Å². The van der Waals surface area contributed by atoms with Crippen molar-refractivity contribution in [1.82, 2.24) is 4.90 Å². The van der Waals surface area contributed by atoms with E-state index in [0.29, 0.717) is 23.8 Å². The lowest BCUT2D eigenvalue weighted by Crippen LogP contribution is -2.37. The molecule has 6 heteroatoms. The van der Waals surface area contributed by atoms with Crippen LogP contribution in [0, 0.1) is 0 Å². The van der Waals surface area contributed by atoms with Gasteiger partial charge in [-0.3, -0.25) is 9.69 Å². The number of ether oxygens (including phenoxy) is 4. The second-order valence-corrected chi connectivity index (χ2v) is 5.39. The SMILES string of the molecule is COc1cc(OC)c(C2=CCN(C)C[C@@H]2OC(C)=O)c(OC)c1. The molecular weight excluding hydrogens is 298 g/mol. The summed E-state index contributed by atoms with van der Waals surface area (Å²) < 4.78 is 21.8. The smallest absolute Gasteiger partial charge is 0.303 e. The Bertz CT molecular complexity index is 586. The minimum atomic E-state index is -0.373. The molecule has 0 fully saturated rings. The van der Waals surface area contributed by atoms with Crippen LogP contribution in [0.2, 0.25) is 0 Å². The zero-order valence-corrected chi connectivity index (χ0v) is 14.2. The van der Waals surface area contributed by atoms with Gasteiger partial charge in [0.05, 0.1) is 26.9 Å². The summed E-state index contributed by atoms with van der Waals surface area (Å²) in [6.07, 6.45) is 1.66. The Hall–Kier alpha value is -2.21. The van der Waals surface area contributed by atoms with Gasteiger partial charge in [0, 0.05) is 37.7 Å². The van der Waals surface area contributed by atoms with Crippen LogP contribution in [0.5, 0.6) is 17.2 Å². The quantitative estimate of drug-likeness (QED) is 0.773. The summed E-state index contributed by atoms with van der Waals surface area (Å²) >= 11 is 0. The van der Waals surface area contributed by atoms with Crippen molar-refractivity contribution in [2.24, 2.45) is 0 Å². The largest absolute Gasteiger partial charge is 0.496 e. The minimum Gasteiger partial charge on any atom is -0.496 e. The molecule has 1 aromatic carbocycles. The van der Waals surface area contributed by atoms with Crippen LogP contribution in [0.15, 0.2) is 18.2 Å². The molecule has 1 aromatic rings. The molecule has 23 heavy (non-hydrogen) atoms. The van der Waals surface area contributed by atoms with E-state index in [1.54, 1.807) is 33.5 Å². The summed E-state index contributed by atoms with van der Waals surface area (Å²) in [5.74, 6) is 1.56. The number of likely N-dealkylation sites (N-methyl/N-ethyl adjacent to an activating group) is 1. The topological polar surface area (TPSA) is 57.2 Å². The van der Waals surface area contributed by atoms with Crippen LogP contribution < -0.4 is 14.2 Å². The molecule has 0 spiro atoms. The van der Waals surface area contributed by atoms with Crippen molar-refractivity contribution in [3.8, 4) is 17.2 Å². The Balaban J connectivity index is 2.55. The summed E-state index contributed by atoms with van der Waals surface area (Å²) in [6.45, 7) is 2.78. The molecule has 1 heterocycles. The van der Waals surface area contributed by atoms with Crippen molar-refractivity contribution in [1.29, 1.82) is 0 Å². The van der Waals surface area contributed by atoms with E-state index in [1.165, 1.54) is 6.92 Å². The lowest BCUT2D eigenvalue weighted by molar-refractivity contribution is -0.144. The zero-order chi connectivity index (χ0) is 17.0. The maximum Gasteiger partial charge on any atom is 0.303 e. The van der Waals surface area contributed by atoms with Gasteiger partial charge in [0.1, 0.15) is 23.4 Å². The number of rotatable bonds is 5. The number of methoxy groups -OCH3 is 3. The molecule has 1 atom stereocenters. The molecule has 0 saturated heterocycles. The summed E-state index contributed by atoms with van der Waals surface area (Å²) in [7, 11) is 6.75. The summed E-state index contributed by atoms with van der Waals surface area (Å²) in [5.41, 5.74) is 1.67. The molecule has 0 aromatic heterocycles. The van der Waals surface area contributed by atoms with Gasteiger partial charge in [-0.15, -0.1) is 0 Å². The van der Waals surface area contributed by atoms with Crippen LogP contribution >= 0.6 is 0 Å². The van der Waals surface area contributed by atoms with E-state index in [2.05, 4.69) is 4.90 Å². The highest BCUT2D eigenvalue weighted by molar-refractivity contribution is 5.81. The van der Waals surface area contributed by atoms with Crippen molar-refractivity contribution in [3.63, 3.8) is 0 Å². The van der Waals surface area contributed by atoms with E-state index in [1.807, 2.05) is 13.1 Å². The van der Waals surface area contributed by atoms with Crippen LogP contribution in [0.25, 0.3) is 5.57 Å². The van der Waals surface area contributed by atoms with Gasteiger partial charge < -0.3 is 18.9 Å². The van der Waals surface area contributed by atoms with Gasteiger partial charge in [0.15, 0.2) is 0 Å². The van der Waals surface area contributed by atoms with Gasteiger partial charge in [-0.25, -0.2) is 0 Å². The van der Waals surface area contributed by atoms with E-state index in [4.69, 9.17) is 18.9 Å². The van der Waals surface area contributed by atoms with Crippen molar-refractivity contribution >= 4 is 11.5 Å². The highest BCUT2D eigenvalue weighted by Crippen LogP contribution is 2.41. The lowest BCUT2D eigenvalue weighted by atomic mass is 9.95. The monoisotopic (exact) mass is 321 g/mol. The highest BCUT2D eigenvalue weighted by atomic mass is 16.5. The fraction of sp³-hybridized carbons (Fsp3) is 0.471. The lowest BCUT2D eigenvalue weighted by Gasteiger charge is -2.31. The molecule has 0 saturated carbocycles. The van der Waals surface area contributed by atoms with E-state index in [-0.39, 0.29) is 12.1 Å². The number of nitrogens with zero attached hydrogens (tertiary/aromatic N) is 1. The van der Waals surface area contributed by atoms with E-state index in [0.717, 1.165) is 17.7 Å². The summed E-state index contributed by atoms with van der Waals surface area (Å²) in [6, 6.07) is 3.59. The molecule has 126 valence electrons. The average molecular weight is 321 g/mol. The Morgan fingerprint density at radius 3 is 2.22 bits per heavy atom. The van der Waals surface area contributed by atoms with Crippen LogP contribution in [0.4, 0.5) is 0 Å². The van der Waals surface area contributed by atoms with Gasteiger partial charge in [0.2, 0.25) is 0 Å². The van der Waals surface area contributed by atoms with Crippen molar-refractivity contribution in [2.75, 3.05) is 41.5 Å². The minimum absolute atomic E-state index is 0.317. The van der Waals surface area contributed by atoms with Gasteiger partial charge >= 0.3 is 5.97 Å². The molecular formula is C17H23NO5. The van der Waals surface area contributed by atoms with Gasteiger partial charge in [-0.05, 0) is 7.05 Å². The number of benzene rings is 1. The molecule has 0 radical (unpaired) electrons. The van der Waals surface area contributed by atoms with Crippen molar-refractivity contribution < 1.29 is 23.7 Å². The van der Waals surface area contributed by atoms with Crippen LogP contribution in [-0.2, 0) is 9.53 Å². The van der Waals surface area contributed by atoms with Crippen LogP contribution in [0.1, 0.15) is 12.5 Å². The Morgan fingerprint density at radius 1 is 1.13 bits per heavy atom. The first-order chi connectivity index (χ1) is 11.0. The summed E-state index contributed by atoms with van der Waals surface area (Å²) in [5, 5.41) is 0. The van der Waals surface area contributed by atoms with E-state index >= 15 is 0 Å². The molecule has 1 aliphatic rings. The first-order valence-corrected chi connectivity index (χ1v) is 7.36. The van der Waals surface area contributed by atoms with Crippen LogP contribution in [0.3, 0.4) is 0 Å². The first kappa shape index (κ1) is 17.1. The predicted molar refractivity (Wildman–Crippen MR) is 87.1 cm³/mol. The van der Waals surface area contributed by atoms with Gasteiger partial charge in [0.25, 0.3) is 0 Å². The normalized spacial score (nSPS) is 18.1. The van der Waals surface area contributed by atoms with E-state index in [9.17, 15) is 4.79 Å². The molecule has 0 unspecified atom stereocenters. The number of hydrogen-bond acceptors (Lipinski definition) is 6. The molecule has 0 amide bonds. The number of carbonyl (C=O) groups is 1. The van der Waals surface area contributed by atoms with Gasteiger partial charge in [-0.2, -0.15) is 0 Å². The van der Waals surface area contributed by atoms with Crippen molar-refractivity contribution in [2.45, 2.75) is 13.0 Å². The fourth-order valence-corrected chi connectivity index (χ4v) is 2.70. The molecule has 6 nitrogen and oxygen atoms in total. The van der Waals surface area contributed by atoms with Crippen LogP contribution in [-0.4, -0.2) is 58.4 Å². The fourth-order valence-electron chi connectivity index (χ4n) is 2.70. The highest BCUT2D eigenvalue weighted by Gasteiger charge is 2.29. The maximum absolute atomic E-state index is 11.5. The average Bonchev–Trinajstić information content (AvgIpc) is 2.53. The second kappa shape index (κ2) is 7.37. The van der Waals surface area contributed by atoms with Crippen molar-refractivity contribution in [3.05, 3.63) is 23.8 Å². The second-order valence-electron chi connectivity index (χ2n) is 5.39. The molecule has 0 aliphatic carbocycles. The predicted octanol–water partition coefficient (Wildman–Crippen LogP) is 1.97. The Kier molecular flexibility index (Phi) is 5.50. The maximum atomic E-state index is 11.5. The third-order valence-corrected chi connectivity index (χ3v) is 3.76.